The van der Waals surface area contributed by atoms with Gasteiger partial charge in [0.15, 0.2) is 0 Å². The lowest BCUT2D eigenvalue weighted by Crippen LogP contribution is -2.63. The number of hydrogen-bond donors (Lipinski definition) is 0. The fraction of sp³-hybridized carbons (Fsp3) is 0.579. The third kappa shape index (κ3) is 2.16. The minimum absolute atomic E-state index is 0.0116. The van der Waals surface area contributed by atoms with Crippen molar-refractivity contribution in [2.75, 3.05) is 11.4 Å². The van der Waals surface area contributed by atoms with Crippen LogP contribution < -0.4 is 4.90 Å². The van der Waals surface area contributed by atoms with Gasteiger partial charge in [0.2, 0.25) is 0 Å². The summed E-state index contributed by atoms with van der Waals surface area (Å²) in [5, 5.41) is 0.721. The van der Waals surface area contributed by atoms with E-state index in [1.165, 1.54) is 0 Å². The zero-order chi connectivity index (χ0) is 16.2. The average molecular weight is 332 g/mol. The summed E-state index contributed by atoms with van der Waals surface area (Å²) in [4.78, 5) is 28.2. The lowest BCUT2D eigenvalue weighted by Gasteiger charge is -2.54. The summed E-state index contributed by atoms with van der Waals surface area (Å²) < 4.78 is 0. The van der Waals surface area contributed by atoms with Gasteiger partial charge in [-0.1, -0.05) is 24.6 Å². The Morgan fingerprint density at radius 2 is 1.96 bits per heavy atom. The first-order valence-corrected chi connectivity index (χ1v) is 9.02. The molecular weight excluding hydrogens is 310 g/mol. The summed E-state index contributed by atoms with van der Waals surface area (Å²) in [6.45, 7) is 3.14. The number of piperidine rings is 1. The minimum atomic E-state index is -0.812. The van der Waals surface area contributed by atoms with Crippen molar-refractivity contribution >= 4 is 28.9 Å². The van der Waals surface area contributed by atoms with Crippen LogP contribution in [0.15, 0.2) is 18.2 Å². The summed E-state index contributed by atoms with van der Waals surface area (Å²) in [6.07, 6.45) is 4.39. The molecule has 2 heterocycles. The van der Waals surface area contributed by atoms with Crippen molar-refractivity contribution in [3.8, 4) is 0 Å². The van der Waals surface area contributed by atoms with Gasteiger partial charge in [-0.2, -0.15) is 0 Å². The van der Waals surface area contributed by atoms with Crippen LogP contribution in [0.1, 0.15) is 44.6 Å². The van der Waals surface area contributed by atoms with E-state index in [1.54, 1.807) is 0 Å². The number of rotatable bonds is 0. The predicted molar refractivity (Wildman–Crippen MR) is 91.0 cm³/mol. The molecule has 0 bridgehead atoms. The van der Waals surface area contributed by atoms with Crippen molar-refractivity contribution in [1.82, 2.24) is 0 Å². The Morgan fingerprint density at radius 1 is 1.22 bits per heavy atom. The molecule has 1 saturated carbocycles. The highest BCUT2D eigenvalue weighted by Crippen LogP contribution is 2.50. The standard InChI is InChI=1S/C19H22ClNO2/c1-12-7-8-21-15-10-14(20)6-5-13(15)11-19(16(21)9-12)17(22)3-2-4-18(19)23/h5-6,10,12,16H,2-4,7-9,11H2,1H3/t12-,16+/m1/s1. The molecule has 3 nitrogen and oxygen atoms in total. The molecule has 2 aliphatic heterocycles. The summed E-state index contributed by atoms with van der Waals surface area (Å²) in [6, 6.07) is 5.89. The number of Topliss-reactive ketones (excluding diaryl/α,β-unsaturated/α-hetero) is 2. The maximum atomic E-state index is 12.9. The highest BCUT2D eigenvalue weighted by atomic mass is 35.5. The fourth-order valence-electron chi connectivity index (χ4n) is 4.85. The smallest absolute Gasteiger partial charge is 0.148 e. The van der Waals surface area contributed by atoms with Crippen molar-refractivity contribution in [3.63, 3.8) is 0 Å². The first-order chi connectivity index (χ1) is 11.0. The lowest BCUT2D eigenvalue weighted by atomic mass is 9.59. The molecule has 1 saturated heterocycles. The predicted octanol–water partition coefficient (Wildman–Crippen LogP) is 3.81. The molecule has 2 atom stereocenters. The maximum Gasteiger partial charge on any atom is 0.148 e. The van der Waals surface area contributed by atoms with E-state index in [9.17, 15) is 9.59 Å². The van der Waals surface area contributed by atoms with Crippen molar-refractivity contribution in [3.05, 3.63) is 28.8 Å². The molecule has 4 heteroatoms. The second-order valence-corrected chi connectivity index (χ2v) is 7.90. The summed E-state index contributed by atoms with van der Waals surface area (Å²) in [7, 11) is 0. The quantitative estimate of drug-likeness (QED) is 0.678. The number of halogens is 1. The summed E-state index contributed by atoms with van der Waals surface area (Å²) in [5.41, 5.74) is 1.42. The van der Waals surface area contributed by atoms with Crippen molar-refractivity contribution in [2.24, 2.45) is 11.3 Å². The Kier molecular flexibility index (Phi) is 3.53. The highest BCUT2D eigenvalue weighted by molar-refractivity contribution is 6.31. The Bertz CT molecular complexity index is 668. The molecule has 0 radical (unpaired) electrons. The van der Waals surface area contributed by atoms with E-state index in [0.717, 1.165) is 42.1 Å². The molecule has 1 aromatic rings. The van der Waals surface area contributed by atoms with E-state index in [4.69, 9.17) is 11.6 Å². The second kappa shape index (κ2) is 5.34. The molecule has 122 valence electrons. The second-order valence-electron chi connectivity index (χ2n) is 7.46. The number of fused-ring (bicyclic) bond motifs is 4. The van der Waals surface area contributed by atoms with E-state index >= 15 is 0 Å². The molecule has 23 heavy (non-hydrogen) atoms. The van der Waals surface area contributed by atoms with Gasteiger partial charge in [0.1, 0.15) is 17.0 Å². The minimum Gasteiger partial charge on any atom is -0.367 e. The van der Waals surface area contributed by atoms with Crippen molar-refractivity contribution < 1.29 is 9.59 Å². The number of carbonyl (C=O) groups is 2. The molecule has 4 rings (SSSR count). The molecule has 3 aliphatic rings. The van der Waals surface area contributed by atoms with Gasteiger partial charge in [-0.15, -0.1) is 0 Å². The molecule has 1 aromatic carbocycles. The largest absolute Gasteiger partial charge is 0.367 e. The van der Waals surface area contributed by atoms with Gasteiger partial charge in [0, 0.05) is 36.1 Å². The number of hydrogen-bond acceptors (Lipinski definition) is 3. The van der Waals surface area contributed by atoms with E-state index in [-0.39, 0.29) is 17.6 Å². The third-order valence-electron chi connectivity index (χ3n) is 6.06. The number of nitrogens with zero attached hydrogens (tertiary/aromatic N) is 1. The number of ketones is 2. The first-order valence-electron chi connectivity index (χ1n) is 8.64. The zero-order valence-corrected chi connectivity index (χ0v) is 14.2. The molecule has 0 amide bonds. The van der Waals surface area contributed by atoms with Crippen LogP contribution in [0.4, 0.5) is 5.69 Å². The van der Waals surface area contributed by atoms with E-state index in [2.05, 4.69) is 11.8 Å². The number of carbonyl (C=O) groups excluding carboxylic acids is 2. The number of benzene rings is 1. The molecule has 0 N–H and O–H groups in total. The Morgan fingerprint density at radius 3 is 2.70 bits per heavy atom. The first kappa shape index (κ1) is 15.2. The maximum absolute atomic E-state index is 12.9. The van der Waals surface area contributed by atoms with E-state index < -0.39 is 5.41 Å². The van der Waals surface area contributed by atoms with Crippen LogP contribution in [0, 0.1) is 11.3 Å². The average Bonchev–Trinajstić information content (AvgIpc) is 2.52. The van der Waals surface area contributed by atoms with Crippen LogP contribution in [0.5, 0.6) is 0 Å². The molecule has 0 aromatic heterocycles. The van der Waals surface area contributed by atoms with Gasteiger partial charge >= 0.3 is 0 Å². The van der Waals surface area contributed by atoms with E-state index in [0.29, 0.717) is 25.2 Å². The van der Waals surface area contributed by atoms with Crippen LogP contribution in [0.2, 0.25) is 5.02 Å². The van der Waals surface area contributed by atoms with Gasteiger partial charge < -0.3 is 4.90 Å². The molecular formula is C19H22ClNO2. The van der Waals surface area contributed by atoms with Crippen molar-refractivity contribution in [2.45, 2.75) is 51.5 Å². The van der Waals surface area contributed by atoms with Gasteiger partial charge in [0.25, 0.3) is 0 Å². The lowest BCUT2D eigenvalue weighted by molar-refractivity contribution is -0.146. The van der Waals surface area contributed by atoms with Crippen LogP contribution >= 0.6 is 11.6 Å². The zero-order valence-electron chi connectivity index (χ0n) is 13.5. The number of anilines is 1. The molecule has 1 spiro atoms. The van der Waals surface area contributed by atoms with Crippen LogP contribution in [-0.4, -0.2) is 24.2 Å². The Hall–Kier alpha value is -1.35. The van der Waals surface area contributed by atoms with Crippen LogP contribution in [0.25, 0.3) is 0 Å². The Labute approximate surface area is 142 Å². The van der Waals surface area contributed by atoms with Gasteiger partial charge in [-0.3, -0.25) is 9.59 Å². The van der Waals surface area contributed by atoms with E-state index in [1.807, 2.05) is 18.2 Å². The third-order valence-corrected chi connectivity index (χ3v) is 6.30. The topological polar surface area (TPSA) is 37.4 Å². The fourth-order valence-corrected chi connectivity index (χ4v) is 5.02. The van der Waals surface area contributed by atoms with Gasteiger partial charge in [-0.25, -0.2) is 0 Å². The summed E-state index contributed by atoms with van der Waals surface area (Å²) >= 11 is 6.21. The van der Waals surface area contributed by atoms with Crippen LogP contribution in [-0.2, 0) is 16.0 Å². The molecule has 2 fully saturated rings. The van der Waals surface area contributed by atoms with Crippen molar-refractivity contribution in [1.29, 1.82) is 0 Å². The van der Waals surface area contributed by atoms with Gasteiger partial charge in [0.05, 0.1) is 0 Å². The molecule has 0 unspecified atom stereocenters. The SMILES string of the molecule is C[C@@H]1CCN2c3cc(Cl)ccc3CC3(C(=O)CCCC3=O)[C@@H]2C1. The summed E-state index contributed by atoms with van der Waals surface area (Å²) in [5.74, 6) is 0.883. The monoisotopic (exact) mass is 331 g/mol. The van der Waals surface area contributed by atoms with Crippen LogP contribution in [0.3, 0.4) is 0 Å². The normalized spacial score (nSPS) is 29.4. The highest BCUT2D eigenvalue weighted by Gasteiger charge is 2.57. The molecule has 1 aliphatic carbocycles. The Balaban J connectivity index is 1.88. The van der Waals surface area contributed by atoms with Gasteiger partial charge in [-0.05, 0) is 49.3 Å².